The fraction of sp³-hybridized carbons (Fsp3) is 0.375. The summed E-state index contributed by atoms with van der Waals surface area (Å²) in [4.78, 5) is 3.77. The molecule has 194 valence electrons. The van der Waals surface area contributed by atoms with Gasteiger partial charge in [-0.3, -0.25) is 0 Å². The molecule has 3 N–H and O–H groups in total. The number of rotatable bonds is 10. The Morgan fingerprint density at radius 1 is 0.865 bits per heavy atom. The number of ether oxygens (including phenoxy) is 2. The molecule has 4 aromatic rings. The normalized spacial score (nSPS) is 21.0. The van der Waals surface area contributed by atoms with Gasteiger partial charge in [-0.2, -0.15) is 0 Å². The van der Waals surface area contributed by atoms with Crippen LogP contribution in [0.5, 0.6) is 0 Å². The molecule has 5 heteroatoms. The first kappa shape index (κ1) is 25.7. The highest BCUT2D eigenvalue weighted by molar-refractivity contribution is 5.86. The minimum atomic E-state index is -0.554. The molecule has 5 nitrogen and oxygen atoms in total. The summed E-state index contributed by atoms with van der Waals surface area (Å²) in [6.07, 6.45) is 0.132. The van der Waals surface area contributed by atoms with E-state index in [2.05, 4.69) is 72.7 Å². The van der Waals surface area contributed by atoms with Gasteiger partial charge in [0.05, 0.1) is 37.9 Å². The van der Waals surface area contributed by atoms with Crippen molar-refractivity contribution in [3.8, 4) is 0 Å². The number of H-pyrrole nitrogens is 1. The van der Waals surface area contributed by atoms with Crippen LogP contribution in [0.25, 0.3) is 10.9 Å². The van der Waals surface area contributed by atoms with E-state index >= 15 is 0 Å². The first-order chi connectivity index (χ1) is 18.1. The predicted octanol–water partition coefficient (Wildman–Crippen LogP) is 5.89. The highest BCUT2D eigenvalue weighted by atomic mass is 16.5. The third-order valence-corrected chi connectivity index (χ3v) is 7.91. The summed E-state index contributed by atoms with van der Waals surface area (Å²) in [6.45, 7) is 6.99. The lowest BCUT2D eigenvalue weighted by Crippen LogP contribution is -2.47. The number of para-hydroxylation sites is 1. The van der Waals surface area contributed by atoms with Crippen LogP contribution < -0.4 is 5.32 Å². The lowest BCUT2D eigenvalue weighted by atomic mass is 9.72. The van der Waals surface area contributed by atoms with E-state index in [0.717, 1.165) is 28.9 Å². The molecule has 0 saturated heterocycles. The van der Waals surface area contributed by atoms with Gasteiger partial charge in [-0.25, -0.2) is 0 Å². The van der Waals surface area contributed by atoms with E-state index < -0.39 is 11.5 Å². The molecular weight excluding hydrogens is 460 g/mol. The third kappa shape index (κ3) is 5.36. The van der Waals surface area contributed by atoms with E-state index in [9.17, 15) is 5.11 Å². The van der Waals surface area contributed by atoms with Gasteiger partial charge >= 0.3 is 0 Å². The van der Waals surface area contributed by atoms with Gasteiger partial charge in [-0.1, -0.05) is 92.7 Å². The van der Waals surface area contributed by atoms with Gasteiger partial charge < -0.3 is 24.9 Å². The molecule has 1 aliphatic rings. The summed E-state index contributed by atoms with van der Waals surface area (Å²) in [6, 6.07) is 29.0. The van der Waals surface area contributed by atoms with E-state index in [4.69, 9.17) is 9.47 Å². The van der Waals surface area contributed by atoms with E-state index in [0.29, 0.717) is 32.8 Å². The molecule has 3 aromatic carbocycles. The van der Waals surface area contributed by atoms with Crippen LogP contribution in [0.2, 0.25) is 0 Å². The van der Waals surface area contributed by atoms with Crippen LogP contribution in [0.1, 0.15) is 48.7 Å². The Labute approximate surface area is 219 Å². The highest BCUT2D eigenvalue weighted by Crippen LogP contribution is 2.47. The molecule has 1 aliphatic carbocycles. The second kappa shape index (κ2) is 11.6. The number of hydrogen-bond donors (Lipinski definition) is 3. The molecule has 0 fully saturated rings. The van der Waals surface area contributed by atoms with Crippen LogP contribution in [0, 0.1) is 5.92 Å². The molecular formula is C32H38N2O3. The van der Waals surface area contributed by atoms with Gasteiger partial charge in [0.15, 0.2) is 0 Å². The van der Waals surface area contributed by atoms with Crippen molar-refractivity contribution in [3.63, 3.8) is 0 Å². The molecule has 3 unspecified atom stereocenters. The van der Waals surface area contributed by atoms with Crippen molar-refractivity contribution in [2.75, 3.05) is 19.8 Å². The van der Waals surface area contributed by atoms with Crippen molar-refractivity contribution in [1.29, 1.82) is 0 Å². The molecule has 0 saturated carbocycles. The van der Waals surface area contributed by atoms with Crippen molar-refractivity contribution in [2.24, 2.45) is 5.92 Å². The molecule has 3 atom stereocenters. The van der Waals surface area contributed by atoms with Gasteiger partial charge in [0.2, 0.25) is 0 Å². The SMILES string of the molecule is CCNC1CC(O)C(C)C(COCc2ccccc2)(COCc2ccccc2)c2[nH]c3ccccc3c21. The monoisotopic (exact) mass is 498 g/mol. The van der Waals surface area contributed by atoms with Crippen molar-refractivity contribution in [2.45, 2.75) is 51.0 Å². The van der Waals surface area contributed by atoms with Crippen molar-refractivity contribution < 1.29 is 14.6 Å². The van der Waals surface area contributed by atoms with E-state index in [-0.39, 0.29) is 12.0 Å². The minimum Gasteiger partial charge on any atom is -0.393 e. The quantitative estimate of drug-likeness (QED) is 0.239. The zero-order valence-corrected chi connectivity index (χ0v) is 21.8. The number of nitrogens with one attached hydrogen (secondary N) is 2. The van der Waals surface area contributed by atoms with E-state index in [1.165, 1.54) is 10.9 Å². The largest absolute Gasteiger partial charge is 0.393 e. The maximum atomic E-state index is 11.5. The van der Waals surface area contributed by atoms with Gasteiger partial charge in [-0.05, 0) is 41.6 Å². The first-order valence-electron chi connectivity index (χ1n) is 13.4. The highest BCUT2D eigenvalue weighted by Gasteiger charge is 2.49. The third-order valence-electron chi connectivity index (χ3n) is 7.91. The van der Waals surface area contributed by atoms with Crippen LogP contribution >= 0.6 is 0 Å². The molecule has 1 heterocycles. The Morgan fingerprint density at radius 3 is 2.03 bits per heavy atom. The van der Waals surface area contributed by atoms with Crippen LogP contribution in [0.15, 0.2) is 84.9 Å². The first-order valence-corrected chi connectivity index (χ1v) is 13.4. The van der Waals surface area contributed by atoms with Crippen LogP contribution in [0.4, 0.5) is 0 Å². The Hall–Kier alpha value is -2.96. The second-order valence-electron chi connectivity index (χ2n) is 10.3. The summed E-state index contributed by atoms with van der Waals surface area (Å²) in [7, 11) is 0. The molecule has 0 spiro atoms. The lowest BCUT2D eigenvalue weighted by Gasteiger charge is -2.39. The topological polar surface area (TPSA) is 66.5 Å². The smallest absolute Gasteiger partial charge is 0.0717 e. The summed E-state index contributed by atoms with van der Waals surface area (Å²) in [5.74, 6) is -0.0884. The number of aliphatic hydroxyl groups excluding tert-OH is 1. The zero-order chi connectivity index (χ0) is 25.7. The number of aliphatic hydroxyl groups is 1. The summed E-state index contributed by atoms with van der Waals surface area (Å²) >= 11 is 0. The Kier molecular flexibility index (Phi) is 8.06. The summed E-state index contributed by atoms with van der Waals surface area (Å²) in [5, 5.41) is 16.4. The number of benzene rings is 3. The molecule has 0 aliphatic heterocycles. The van der Waals surface area contributed by atoms with Crippen molar-refractivity contribution in [3.05, 3.63) is 107 Å². The Morgan fingerprint density at radius 2 is 1.43 bits per heavy atom. The van der Waals surface area contributed by atoms with Crippen LogP contribution in [-0.2, 0) is 28.1 Å². The average Bonchev–Trinajstić information content (AvgIpc) is 3.29. The van der Waals surface area contributed by atoms with Crippen molar-refractivity contribution >= 4 is 10.9 Å². The summed E-state index contributed by atoms with van der Waals surface area (Å²) < 4.78 is 12.9. The van der Waals surface area contributed by atoms with Gasteiger partial charge in [0.1, 0.15) is 0 Å². The molecule has 37 heavy (non-hydrogen) atoms. The van der Waals surface area contributed by atoms with Crippen LogP contribution in [0.3, 0.4) is 0 Å². The fourth-order valence-corrected chi connectivity index (χ4v) is 5.81. The Balaban J connectivity index is 1.56. The molecule has 5 rings (SSSR count). The zero-order valence-electron chi connectivity index (χ0n) is 21.8. The second-order valence-corrected chi connectivity index (χ2v) is 10.3. The number of aromatic nitrogens is 1. The van der Waals surface area contributed by atoms with Crippen molar-refractivity contribution in [1.82, 2.24) is 10.3 Å². The van der Waals surface area contributed by atoms with Crippen LogP contribution in [-0.4, -0.2) is 36.0 Å². The average molecular weight is 499 g/mol. The maximum Gasteiger partial charge on any atom is 0.0717 e. The number of fused-ring (bicyclic) bond motifs is 3. The van der Waals surface area contributed by atoms with E-state index in [1.807, 2.05) is 36.4 Å². The Bertz CT molecular complexity index is 1230. The lowest BCUT2D eigenvalue weighted by molar-refractivity contribution is -0.0479. The maximum absolute atomic E-state index is 11.5. The van der Waals surface area contributed by atoms with E-state index in [1.54, 1.807) is 0 Å². The molecule has 0 amide bonds. The number of hydrogen-bond acceptors (Lipinski definition) is 4. The predicted molar refractivity (Wildman–Crippen MR) is 148 cm³/mol. The molecule has 0 bridgehead atoms. The number of aromatic amines is 1. The standard InChI is InChI=1S/C32H38N2O3/c1-3-33-28-18-29(35)23(2)32(21-36-19-24-12-6-4-7-13-24,22-37-20-25-14-8-5-9-15-25)31-30(28)26-16-10-11-17-27(26)34-31/h4-17,23,28-29,33-35H,3,18-22H2,1-2H3. The van der Waals surface area contributed by atoms with Gasteiger partial charge in [-0.15, -0.1) is 0 Å². The van der Waals surface area contributed by atoms with Gasteiger partial charge in [0.25, 0.3) is 0 Å². The minimum absolute atomic E-state index is 0.0405. The molecule has 1 aromatic heterocycles. The fourth-order valence-electron chi connectivity index (χ4n) is 5.81. The summed E-state index contributed by atoms with van der Waals surface area (Å²) in [5.41, 5.74) is 5.16. The molecule has 0 radical (unpaired) electrons. The van der Waals surface area contributed by atoms with Gasteiger partial charge in [0, 0.05) is 22.6 Å².